The maximum atomic E-state index is 12.3. The van der Waals surface area contributed by atoms with Crippen molar-refractivity contribution in [2.75, 3.05) is 0 Å². The number of amides is 1. The molecule has 24 heavy (non-hydrogen) atoms. The molecule has 0 radical (unpaired) electrons. The number of carbonyl (C=O) groups excluding carboxylic acids is 1. The van der Waals surface area contributed by atoms with Gasteiger partial charge in [-0.1, -0.05) is 13.8 Å². The van der Waals surface area contributed by atoms with Crippen LogP contribution in [0, 0.1) is 5.92 Å². The molecule has 0 aliphatic carbocycles. The molecule has 1 N–H and O–H groups in total. The van der Waals surface area contributed by atoms with Crippen LogP contribution in [0.3, 0.4) is 0 Å². The molecule has 1 aromatic heterocycles. The van der Waals surface area contributed by atoms with Gasteiger partial charge in [-0.3, -0.25) is 4.79 Å². The summed E-state index contributed by atoms with van der Waals surface area (Å²) in [6.45, 7) is 4.27. The van der Waals surface area contributed by atoms with Crippen LogP contribution in [0.1, 0.15) is 24.2 Å². The van der Waals surface area contributed by atoms with E-state index >= 15 is 0 Å². The van der Waals surface area contributed by atoms with Crippen LogP contribution >= 0.6 is 0 Å². The summed E-state index contributed by atoms with van der Waals surface area (Å²) in [5.74, 6) is -0.646. The van der Waals surface area contributed by atoms with E-state index < -0.39 is 6.36 Å². The Hall–Kier alpha value is -2.58. The normalized spacial score (nSPS) is 12.9. The number of nitrogens with one attached hydrogen (secondary N) is 1. The fraction of sp³-hybridized carbons (Fsp3) is 0.400. The highest BCUT2D eigenvalue weighted by molar-refractivity contribution is 5.94. The molecule has 0 aliphatic heterocycles. The smallest absolute Gasteiger partial charge is 0.406 e. The Bertz CT molecular complexity index is 654. The standard InChI is InChI=1S/C15H17F3N4O2/c1-10(2)13(9-22-19-7-8-20-22)21-14(23)11-3-5-12(6-4-11)24-15(16,17)18/h3-8,10,13H,9H2,1-2H3,(H,21,23)/t13-/m0/s1. The van der Waals surface area contributed by atoms with E-state index in [1.807, 2.05) is 13.8 Å². The fourth-order valence-corrected chi connectivity index (χ4v) is 2.00. The third-order valence-electron chi connectivity index (χ3n) is 3.30. The Balaban J connectivity index is 2.01. The minimum Gasteiger partial charge on any atom is -0.406 e. The van der Waals surface area contributed by atoms with Crippen molar-refractivity contribution in [3.8, 4) is 5.75 Å². The number of carbonyl (C=O) groups is 1. The molecular weight excluding hydrogens is 325 g/mol. The van der Waals surface area contributed by atoms with Crippen LogP contribution in [-0.4, -0.2) is 33.3 Å². The first kappa shape index (κ1) is 17.8. The lowest BCUT2D eigenvalue weighted by molar-refractivity contribution is -0.274. The number of hydrogen-bond donors (Lipinski definition) is 1. The summed E-state index contributed by atoms with van der Waals surface area (Å²) < 4.78 is 40.2. The zero-order chi connectivity index (χ0) is 17.7. The predicted molar refractivity (Wildman–Crippen MR) is 79.2 cm³/mol. The van der Waals surface area contributed by atoms with Crippen LogP contribution < -0.4 is 10.1 Å². The third-order valence-corrected chi connectivity index (χ3v) is 3.30. The molecule has 1 heterocycles. The van der Waals surface area contributed by atoms with Gasteiger partial charge in [0.2, 0.25) is 0 Å². The first-order valence-electron chi connectivity index (χ1n) is 7.25. The van der Waals surface area contributed by atoms with Gasteiger partial charge in [0.25, 0.3) is 5.91 Å². The van der Waals surface area contributed by atoms with Gasteiger partial charge in [0, 0.05) is 5.56 Å². The molecular formula is C15H17F3N4O2. The van der Waals surface area contributed by atoms with Crippen LogP contribution in [0.2, 0.25) is 0 Å². The van der Waals surface area contributed by atoms with E-state index in [0.717, 1.165) is 12.1 Å². The highest BCUT2D eigenvalue weighted by Crippen LogP contribution is 2.22. The predicted octanol–water partition coefficient (Wildman–Crippen LogP) is 2.63. The lowest BCUT2D eigenvalue weighted by Gasteiger charge is -2.22. The number of halogens is 3. The van der Waals surface area contributed by atoms with E-state index in [9.17, 15) is 18.0 Å². The van der Waals surface area contributed by atoms with E-state index in [1.54, 1.807) is 12.4 Å². The van der Waals surface area contributed by atoms with E-state index in [-0.39, 0.29) is 29.2 Å². The molecule has 0 bridgehead atoms. The first-order valence-corrected chi connectivity index (χ1v) is 7.25. The number of benzene rings is 1. The first-order chi connectivity index (χ1) is 11.2. The molecule has 0 spiro atoms. The molecule has 0 unspecified atom stereocenters. The Labute approximate surface area is 136 Å². The lowest BCUT2D eigenvalue weighted by atomic mass is 10.0. The van der Waals surface area contributed by atoms with Crippen molar-refractivity contribution in [1.82, 2.24) is 20.3 Å². The van der Waals surface area contributed by atoms with E-state index in [4.69, 9.17) is 0 Å². The van der Waals surface area contributed by atoms with Gasteiger partial charge in [-0.25, -0.2) is 0 Å². The Morgan fingerprint density at radius 3 is 2.29 bits per heavy atom. The van der Waals surface area contributed by atoms with Crippen LogP contribution in [-0.2, 0) is 6.54 Å². The second kappa shape index (κ2) is 7.33. The largest absolute Gasteiger partial charge is 0.573 e. The molecule has 1 atom stereocenters. The van der Waals surface area contributed by atoms with Gasteiger partial charge >= 0.3 is 6.36 Å². The Morgan fingerprint density at radius 1 is 1.21 bits per heavy atom. The van der Waals surface area contributed by atoms with E-state index in [0.29, 0.717) is 6.54 Å². The van der Waals surface area contributed by atoms with E-state index in [1.165, 1.54) is 16.9 Å². The zero-order valence-corrected chi connectivity index (χ0v) is 13.1. The summed E-state index contributed by atoms with van der Waals surface area (Å²) in [6, 6.07) is 4.53. The van der Waals surface area contributed by atoms with Gasteiger partial charge in [0.1, 0.15) is 5.75 Å². The molecule has 0 fully saturated rings. The Morgan fingerprint density at radius 2 is 1.79 bits per heavy atom. The van der Waals surface area contributed by atoms with Gasteiger partial charge in [0.15, 0.2) is 0 Å². The number of hydrogen-bond acceptors (Lipinski definition) is 4. The van der Waals surface area contributed by atoms with Gasteiger partial charge < -0.3 is 10.1 Å². The monoisotopic (exact) mass is 342 g/mol. The Kier molecular flexibility index (Phi) is 5.42. The summed E-state index contributed by atoms with van der Waals surface area (Å²) in [5, 5.41) is 10.8. The highest BCUT2D eigenvalue weighted by atomic mass is 19.4. The van der Waals surface area contributed by atoms with Crippen molar-refractivity contribution >= 4 is 5.91 Å². The van der Waals surface area contributed by atoms with Crippen molar-refractivity contribution in [1.29, 1.82) is 0 Å². The number of aromatic nitrogens is 3. The number of nitrogens with zero attached hydrogens (tertiary/aromatic N) is 3. The number of ether oxygens (including phenoxy) is 1. The summed E-state index contributed by atoms with van der Waals surface area (Å²) in [5.41, 5.74) is 0.239. The third kappa shape index (κ3) is 5.25. The summed E-state index contributed by atoms with van der Waals surface area (Å²) >= 11 is 0. The van der Waals surface area contributed by atoms with E-state index in [2.05, 4.69) is 20.3 Å². The van der Waals surface area contributed by atoms with Crippen LogP contribution in [0.4, 0.5) is 13.2 Å². The maximum Gasteiger partial charge on any atom is 0.573 e. The molecule has 2 rings (SSSR count). The van der Waals surface area contributed by atoms with Gasteiger partial charge in [-0.15, -0.1) is 13.2 Å². The van der Waals surface area contributed by atoms with Crippen LogP contribution in [0.15, 0.2) is 36.7 Å². The van der Waals surface area contributed by atoms with Crippen molar-refractivity contribution in [2.45, 2.75) is 32.8 Å². The maximum absolute atomic E-state index is 12.3. The topological polar surface area (TPSA) is 69.0 Å². The zero-order valence-electron chi connectivity index (χ0n) is 13.1. The van der Waals surface area contributed by atoms with Gasteiger partial charge in [0.05, 0.1) is 25.0 Å². The second-order valence-corrected chi connectivity index (χ2v) is 5.48. The molecule has 1 amide bonds. The van der Waals surface area contributed by atoms with Crippen molar-refractivity contribution < 1.29 is 22.7 Å². The van der Waals surface area contributed by atoms with Crippen molar-refractivity contribution in [3.63, 3.8) is 0 Å². The van der Waals surface area contributed by atoms with Crippen LogP contribution in [0.5, 0.6) is 5.75 Å². The highest BCUT2D eigenvalue weighted by Gasteiger charge is 2.31. The molecule has 1 aromatic carbocycles. The van der Waals surface area contributed by atoms with Gasteiger partial charge in [-0.05, 0) is 30.2 Å². The summed E-state index contributed by atoms with van der Waals surface area (Å²) in [6.07, 6.45) is -1.68. The average molecular weight is 342 g/mol. The molecule has 6 nitrogen and oxygen atoms in total. The van der Waals surface area contributed by atoms with Crippen molar-refractivity contribution in [3.05, 3.63) is 42.2 Å². The second-order valence-electron chi connectivity index (χ2n) is 5.48. The molecule has 9 heteroatoms. The van der Waals surface area contributed by atoms with Crippen LogP contribution in [0.25, 0.3) is 0 Å². The fourth-order valence-electron chi connectivity index (χ4n) is 2.00. The molecule has 130 valence electrons. The quantitative estimate of drug-likeness (QED) is 0.876. The molecule has 0 aliphatic rings. The minimum atomic E-state index is -4.76. The molecule has 2 aromatic rings. The molecule has 0 saturated carbocycles. The SMILES string of the molecule is CC(C)[C@H](Cn1nccn1)NC(=O)c1ccc(OC(F)(F)F)cc1. The summed E-state index contributed by atoms with van der Waals surface area (Å²) in [7, 11) is 0. The van der Waals surface area contributed by atoms with Gasteiger partial charge in [-0.2, -0.15) is 15.0 Å². The summed E-state index contributed by atoms with van der Waals surface area (Å²) in [4.78, 5) is 13.7. The number of alkyl halides is 3. The van der Waals surface area contributed by atoms with Crippen molar-refractivity contribution in [2.24, 2.45) is 5.92 Å². The minimum absolute atomic E-state index is 0.118. The lowest BCUT2D eigenvalue weighted by Crippen LogP contribution is -2.42. The molecule has 0 saturated heterocycles. The average Bonchev–Trinajstić information content (AvgIpc) is 2.98. The number of rotatable bonds is 6.